The Morgan fingerprint density at radius 1 is 0.875 bits per heavy atom. The van der Waals surface area contributed by atoms with E-state index in [9.17, 15) is 9.59 Å². The molecule has 0 atom stereocenters. The smallest absolute Gasteiger partial charge is 1.00 e. The minimum Gasteiger partial charge on any atom is -1.00 e. The van der Waals surface area contributed by atoms with Crippen LogP contribution in [0.5, 0.6) is 0 Å². The molecular weight excluding hydrogens is 404 g/mol. The molecule has 93 valence electrons. The normalized spacial score (nSPS) is 7.25. The first-order valence-electron chi connectivity index (χ1n) is 4.87. The minimum atomic E-state index is 0. The maximum atomic E-state index is 10.2. The molecule has 0 aliphatic heterocycles. The zero-order chi connectivity index (χ0) is 11.4. The van der Waals surface area contributed by atoms with Crippen LogP contribution in [0.1, 0.15) is 39.5 Å². The SMILES string of the molecule is CCCC(=O)[N-]C.CCCC(=O)[N-]C.[Br-].[Nd+3]. The number of rotatable bonds is 4. The second-order valence-electron chi connectivity index (χ2n) is 2.73. The molecule has 0 saturated carbocycles. The molecule has 0 fully saturated rings. The third-order valence-corrected chi connectivity index (χ3v) is 1.43. The van der Waals surface area contributed by atoms with Gasteiger partial charge in [0, 0.05) is 0 Å². The molecule has 0 N–H and O–H groups in total. The fourth-order valence-electron chi connectivity index (χ4n) is 0.651. The first-order chi connectivity index (χ1) is 6.62. The van der Waals surface area contributed by atoms with Crippen LogP contribution in [0.3, 0.4) is 0 Å². The Balaban J connectivity index is -0.0000000800. The predicted molar refractivity (Wildman–Crippen MR) is 58.4 cm³/mol. The van der Waals surface area contributed by atoms with Crippen molar-refractivity contribution in [2.24, 2.45) is 0 Å². The van der Waals surface area contributed by atoms with Gasteiger partial charge in [-0.2, -0.15) is 0 Å². The van der Waals surface area contributed by atoms with Gasteiger partial charge in [0.15, 0.2) is 0 Å². The Morgan fingerprint density at radius 2 is 1.12 bits per heavy atom. The van der Waals surface area contributed by atoms with Crippen LogP contribution in [0.25, 0.3) is 10.6 Å². The molecule has 0 rings (SSSR count). The monoisotopic (exact) mass is 421 g/mol. The van der Waals surface area contributed by atoms with E-state index in [0.717, 1.165) is 12.8 Å². The van der Waals surface area contributed by atoms with Crippen LogP contribution in [0.4, 0.5) is 0 Å². The van der Waals surface area contributed by atoms with Gasteiger partial charge in [-0.05, 0) is 12.8 Å². The number of hydrogen-bond acceptors (Lipinski definition) is 2. The average molecular weight is 424 g/mol. The Morgan fingerprint density at radius 3 is 1.19 bits per heavy atom. The first kappa shape index (κ1) is 25.6. The number of nitrogens with zero attached hydrogens (tertiary/aromatic N) is 2. The summed E-state index contributed by atoms with van der Waals surface area (Å²) in [5, 5.41) is 6.88. The van der Waals surface area contributed by atoms with E-state index in [2.05, 4.69) is 10.6 Å². The summed E-state index contributed by atoms with van der Waals surface area (Å²) in [6.07, 6.45) is 2.99. The van der Waals surface area contributed by atoms with Crippen LogP contribution >= 0.6 is 0 Å². The molecule has 1 radical (unpaired) electrons. The second-order valence-corrected chi connectivity index (χ2v) is 2.73. The van der Waals surface area contributed by atoms with Crippen molar-refractivity contribution < 1.29 is 67.4 Å². The quantitative estimate of drug-likeness (QED) is 0.619. The maximum Gasteiger partial charge on any atom is 3.00 e. The van der Waals surface area contributed by atoms with Gasteiger partial charge in [-0.1, -0.05) is 26.7 Å². The summed E-state index contributed by atoms with van der Waals surface area (Å²) in [5.41, 5.74) is 0. The fourth-order valence-corrected chi connectivity index (χ4v) is 0.651. The van der Waals surface area contributed by atoms with E-state index in [4.69, 9.17) is 0 Å². The number of hydrogen-bond donors (Lipinski definition) is 0. The van der Waals surface area contributed by atoms with E-state index in [0.29, 0.717) is 12.8 Å². The summed E-state index contributed by atoms with van der Waals surface area (Å²) in [4.78, 5) is 20.5. The predicted octanol–water partition coefficient (Wildman–Crippen LogP) is -0.363. The van der Waals surface area contributed by atoms with Gasteiger partial charge >= 0.3 is 40.8 Å². The maximum absolute atomic E-state index is 10.2. The molecule has 4 nitrogen and oxygen atoms in total. The van der Waals surface area contributed by atoms with Crippen molar-refractivity contribution in [3.05, 3.63) is 10.6 Å². The molecule has 6 heteroatoms. The standard InChI is InChI=1S/2C5H11NO.BrH.Nd/c2*1-3-4-5(7)6-2;;/h2*3-4H2,1-2H3,(H,6,7);1H;/q;;;+3/p-3. The summed E-state index contributed by atoms with van der Waals surface area (Å²) in [6, 6.07) is 0. The number of carbonyl (C=O) groups excluding carboxylic acids is 2. The van der Waals surface area contributed by atoms with Crippen molar-refractivity contribution >= 4 is 11.8 Å². The van der Waals surface area contributed by atoms with Crippen LogP contribution in [-0.2, 0) is 9.59 Å². The number of halogens is 1. The Kier molecular flexibility index (Phi) is 33.7. The molecule has 0 aliphatic rings. The van der Waals surface area contributed by atoms with Crippen molar-refractivity contribution in [2.45, 2.75) is 39.5 Å². The zero-order valence-electron chi connectivity index (χ0n) is 10.4. The number of amides is 2. The zero-order valence-corrected chi connectivity index (χ0v) is 15.2. The van der Waals surface area contributed by atoms with Gasteiger partial charge in [0.05, 0.1) is 11.8 Å². The molecule has 0 aliphatic carbocycles. The Hall–Kier alpha value is 0.771. The van der Waals surface area contributed by atoms with Crippen LogP contribution in [0, 0.1) is 40.8 Å². The van der Waals surface area contributed by atoms with E-state index in [1.165, 1.54) is 14.1 Å². The van der Waals surface area contributed by atoms with Crippen LogP contribution in [0.2, 0.25) is 0 Å². The largest absolute Gasteiger partial charge is 3.00 e. The van der Waals surface area contributed by atoms with Gasteiger partial charge in [-0.15, -0.1) is 14.1 Å². The molecule has 0 aromatic carbocycles. The van der Waals surface area contributed by atoms with E-state index < -0.39 is 0 Å². The van der Waals surface area contributed by atoms with E-state index >= 15 is 0 Å². The third-order valence-electron chi connectivity index (χ3n) is 1.43. The molecule has 16 heavy (non-hydrogen) atoms. The van der Waals surface area contributed by atoms with Crippen molar-refractivity contribution in [1.29, 1.82) is 0 Å². The van der Waals surface area contributed by atoms with Crippen LogP contribution in [-0.4, -0.2) is 25.9 Å². The van der Waals surface area contributed by atoms with E-state index in [1.54, 1.807) is 0 Å². The van der Waals surface area contributed by atoms with Gasteiger partial charge < -0.3 is 37.2 Å². The Labute approximate surface area is 142 Å². The fraction of sp³-hybridized carbons (Fsp3) is 0.800. The molecule has 0 spiro atoms. The summed E-state index contributed by atoms with van der Waals surface area (Å²) in [5.74, 6) is 0.00463. The van der Waals surface area contributed by atoms with E-state index in [-0.39, 0.29) is 69.6 Å². The molecule has 0 saturated heterocycles. The summed E-state index contributed by atoms with van der Waals surface area (Å²) in [6.45, 7) is 3.92. The topological polar surface area (TPSA) is 62.3 Å². The molecule has 0 aromatic rings. The first-order valence-corrected chi connectivity index (χ1v) is 4.87. The summed E-state index contributed by atoms with van der Waals surface area (Å²) < 4.78 is 0. The van der Waals surface area contributed by atoms with E-state index in [1.807, 2.05) is 13.8 Å². The van der Waals surface area contributed by atoms with Crippen molar-refractivity contribution in [3.8, 4) is 0 Å². The summed E-state index contributed by atoms with van der Waals surface area (Å²) in [7, 11) is 3.05. The van der Waals surface area contributed by atoms with Gasteiger partial charge in [0.25, 0.3) is 0 Å². The molecule has 0 heterocycles. The molecule has 0 bridgehead atoms. The van der Waals surface area contributed by atoms with Gasteiger partial charge in [-0.25, -0.2) is 0 Å². The van der Waals surface area contributed by atoms with Crippen LogP contribution in [0.15, 0.2) is 0 Å². The van der Waals surface area contributed by atoms with Crippen LogP contribution < -0.4 is 17.0 Å². The van der Waals surface area contributed by atoms with Crippen molar-refractivity contribution in [1.82, 2.24) is 0 Å². The summed E-state index contributed by atoms with van der Waals surface area (Å²) >= 11 is 0. The van der Waals surface area contributed by atoms with Crippen molar-refractivity contribution in [3.63, 3.8) is 0 Å². The third kappa shape index (κ3) is 24.1. The molecule has 2 amide bonds. The Bertz CT molecular complexity index is 151. The molecular formula is C10H20BrN2NdO2. The molecule has 0 unspecified atom stereocenters. The van der Waals surface area contributed by atoms with Gasteiger partial charge in [0.1, 0.15) is 0 Å². The van der Waals surface area contributed by atoms with Crippen molar-refractivity contribution in [2.75, 3.05) is 14.1 Å². The van der Waals surface area contributed by atoms with Gasteiger partial charge in [0.2, 0.25) is 0 Å². The number of carbonyl (C=O) groups is 2. The molecule has 0 aromatic heterocycles. The average Bonchev–Trinajstić information content (AvgIpc) is 2.19. The van der Waals surface area contributed by atoms with Gasteiger partial charge in [-0.3, -0.25) is 0 Å². The second kappa shape index (κ2) is 21.1. The minimum absolute atomic E-state index is 0.